The Morgan fingerprint density at radius 3 is 2.25 bits per heavy atom. The molecule has 16 heavy (non-hydrogen) atoms. The lowest BCUT2D eigenvalue weighted by Crippen LogP contribution is -1.93. The quantitative estimate of drug-likeness (QED) is 0.603. The summed E-state index contributed by atoms with van der Waals surface area (Å²) in [5, 5.41) is 0. The van der Waals surface area contributed by atoms with Gasteiger partial charge < -0.3 is 0 Å². The highest BCUT2D eigenvalue weighted by Gasteiger charge is 2.02. The monoisotopic (exact) mass is 358 g/mol. The number of nitrogens with zero attached hydrogens (tertiary/aromatic N) is 2. The molecule has 0 atom stereocenters. The molecule has 82 valence electrons. The fourth-order valence-corrected chi connectivity index (χ4v) is 3.09. The minimum Gasteiger partial charge on any atom is -0.225 e. The molecule has 0 radical (unpaired) electrons. The Morgan fingerprint density at radius 1 is 1.00 bits per heavy atom. The predicted octanol–water partition coefficient (Wildman–Crippen LogP) is 4.29. The number of thioether (sulfide) groups is 1. The van der Waals surface area contributed by atoms with Crippen molar-refractivity contribution in [1.29, 1.82) is 0 Å². The first kappa shape index (κ1) is 12.1. The van der Waals surface area contributed by atoms with Crippen molar-refractivity contribution in [3.8, 4) is 0 Å². The molecule has 1 heterocycles. The summed E-state index contributed by atoms with van der Waals surface area (Å²) >= 11 is 8.42. The first-order chi connectivity index (χ1) is 7.74. The third kappa shape index (κ3) is 3.57. The van der Waals surface area contributed by atoms with Crippen molar-refractivity contribution in [3.63, 3.8) is 0 Å². The highest BCUT2D eigenvalue weighted by molar-refractivity contribution is 9.11. The van der Waals surface area contributed by atoms with Crippen molar-refractivity contribution >= 4 is 43.6 Å². The molecule has 2 aromatic rings. The molecule has 0 bridgehead atoms. The highest BCUT2D eigenvalue weighted by Crippen LogP contribution is 2.22. The lowest BCUT2D eigenvalue weighted by atomic mass is 10.4. The Hall–Kier alpha value is -0.390. The topological polar surface area (TPSA) is 25.8 Å². The van der Waals surface area contributed by atoms with Crippen LogP contribution in [-0.4, -0.2) is 9.97 Å². The lowest BCUT2D eigenvalue weighted by Gasteiger charge is -2.01. The normalized spacial score (nSPS) is 10.4. The highest BCUT2D eigenvalue weighted by atomic mass is 79.9. The van der Waals surface area contributed by atoms with Gasteiger partial charge in [0.15, 0.2) is 0 Å². The summed E-state index contributed by atoms with van der Waals surface area (Å²) in [7, 11) is 0. The van der Waals surface area contributed by atoms with E-state index in [1.807, 2.05) is 24.3 Å². The van der Waals surface area contributed by atoms with E-state index >= 15 is 0 Å². The summed E-state index contributed by atoms with van der Waals surface area (Å²) in [6, 6.07) is 12.1. The Balaban J connectivity index is 2.05. The molecule has 0 aliphatic rings. The molecule has 5 heteroatoms. The zero-order chi connectivity index (χ0) is 11.4. The van der Waals surface area contributed by atoms with Crippen LogP contribution in [0.2, 0.25) is 0 Å². The summed E-state index contributed by atoms with van der Waals surface area (Å²) in [5.74, 6) is 1.58. The average molecular weight is 360 g/mol. The number of hydrogen-bond donors (Lipinski definition) is 0. The van der Waals surface area contributed by atoms with E-state index in [0.717, 1.165) is 20.8 Å². The van der Waals surface area contributed by atoms with E-state index in [4.69, 9.17) is 0 Å². The second kappa shape index (κ2) is 5.80. The van der Waals surface area contributed by atoms with Gasteiger partial charge in [0.05, 0.1) is 5.75 Å². The maximum absolute atomic E-state index is 4.30. The van der Waals surface area contributed by atoms with E-state index in [2.05, 4.69) is 54.0 Å². The molecule has 0 unspecified atom stereocenters. The summed E-state index contributed by atoms with van der Waals surface area (Å²) in [4.78, 5) is 9.83. The maximum atomic E-state index is 4.30. The smallest absolute Gasteiger partial charge is 0.141 e. The number of hydrogen-bond acceptors (Lipinski definition) is 3. The van der Waals surface area contributed by atoms with Crippen molar-refractivity contribution in [1.82, 2.24) is 9.97 Å². The van der Waals surface area contributed by atoms with E-state index in [0.29, 0.717) is 0 Å². The summed E-state index contributed by atoms with van der Waals surface area (Å²) in [6.45, 7) is 0. The molecule has 1 aromatic heterocycles. The van der Waals surface area contributed by atoms with E-state index in [-0.39, 0.29) is 0 Å². The van der Waals surface area contributed by atoms with E-state index in [1.54, 1.807) is 11.8 Å². The van der Waals surface area contributed by atoms with Crippen LogP contribution in [0.1, 0.15) is 5.82 Å². The molecule has 0 spiro atoms. The standard InChI is InChI=1S/C11H8Br2N2S/c12-9-6-10(13)15-11(14-9)7-16-8-4-2-1-3-5-8/h1-6H,7H2. The minimum absolute atomic E-state index is 0.766. The van der Waals surface area contributed by atoms with Gasteiger partial charge in [0.1, 0.15) is 15.0 Å². The Kier molecular flexibility index (Phi) is 4.37. The fraction of sp³-hybridized carbons (Fsp3) is 0.0909. The van der Waals surface area contributed by atoms with Crippen LogP contribution in [-0.2, 0) is 5.75 Å². The van der Waals surface area contributed by atoms with E-state index < -0.39 is 0 Å². The molecule has 0 saturated carbocycles. The van der Waals surface area contributed by atoms with Crippen molar-refractivity contribution in [2.75, 3.05) is 0 Å². The van der Waals surface area contributed by atoms with Gasteiger partial charge in [0, 0.05) is 11.0 Å². The fourth-order valence-electron chi connectivity index (χ4n) is 1.16. The summed E-state index contributed by atoms with van der Waals surface area (Å²) in [5.41, 5.74) is 0. The van der Waals surface area contributed by atoms with Crippen LogP contribution in [0, 0.1) is 0 Å². The summed E-state index contributed by atoms with van der Waals surface area (Å²) in [6.07, 6.45) is 0. The van der Waals surface area contributed by atoms with Gasteiger partial charge in [-0.15, -0.1) is 11.8 Å². The molecule has 2 nitrogen and oxygen atoms in total. The molecular formula is C11H8Br2N2S. The van der Waals surface area contributed by atoms with Crippen LogP contribution in [0.25, 0.3) is 0 Å². The number of halogens is 2. The van der Waals surface area contributed by atoms with Crippen molar-refractivity contribution < 1.29 is 0 Å². The Morgan fingerprint density at radius 2 is 1.62 bits per heavy atom. The van der Waals surface area contributed by atoms with Gasteiger partial charge >= 0.3 is 0 Å². The Labute approximate surface area is 115 Å². The predicted molar refractivity (Wildman–Crippen MR) is 73.4 cm³/mol. The van der Waals surface area contributed by atoms with Gasteiger partial charge in [0.25, 0.3) is 0 Å². The van der Waals surface area contributed by atoms with Crippen molar-refractivity contribution in [3.05, 3.63) is 51.4 Å². The third-order valence-electron chi connectivity index (χ3n) is 1.82. The molecule has 0 fully saturated rings. The van der Waals surface area contributed by atoms with Crippen molar-refractivity contribution in [2.45, 2.75) is 10.6 Å². The van der Waals surface area contributed by atoms with Gasteiger partial charge in [-0.1, -0.05) is 18.2 Å². The SMILES string of the molecule is Brc1cc(Br)nc(CSc2ccccc2)n1. The second-order valence-electron chi connectivity index (χ2n) is 3.03. The van der Waals surface area contributed by atoms with Gasteiger partial charge in [-0.05, 0) is 44.0 Å². The van der Waals surface area contributed by atoms with Gasteiger partial charge in [-0.2, -0.15) is 0 Å². The molecule has 1 aromatic carbocycles. The van der Waals surface area contributed by atoms with Crippen LogP contribution in [0.3, 0.4) is 0 Å². The van der Waals surface area contributed by atoms with Crippen LogP contribution in [0.5, 0.6) is 0 Å². The molecule has 0 aliphatic carbocycles. The second-order valence-corrected chi connectivity index (χ2v) is 5.71. The summed E-state index contributed by atoms with van der Waals surface area (Å²) < 4.78 is 1.61. The Bertz CT molecular complexity index is 456. The molecule has 0 aliphatic heterocycles. The van der Waals surface area contributed by atoms with Crippen molar-refractivity contribution in [2.24, 2.45) is 0 Å². The third-order valence-corrected chi connectivity index (χ3v) is 3.64. The molecule has 0 saturated heterocycles. The van der Waals surface area contributed by atoms with E-state index in [1.165, 1.54) is 4.90 Å². The van der Waals surface area contributed by atoms with Crippen LogP contribution < -0.4 is 0 Å². The zero-order valence-corrected chi connectivity index (χ0v) is 12.2. The van der Waals surface area contributed by atoms with Crippen LogP contribution in [0.4, 0.5) is 0 Å². The maximum Gasteiger partial charge on any atom is 0.141 e. The minimum atomic E-state index is 0.766. The largest absolute Gasteiger partial charge is 0.225 e. The van der Waals surface area contributed by atoms with Gasteiger partial charge in [-0.3, -0.25) is 0 Å². The zero-order valence-electron chi connectivity index (χ0n) is 8.23. The van der Waals surface area contributed by atoms with Gasteiger partial charge in [0.2, 0.25) is 0 Å². The van der Waals surface area contributed by atoms with E-state index in [9.17, 15) is 0 Å². The first-order valence-electron chi connectivity index (χ1n) is 4.61. The first-order valence-corrected chi connectivity index (χ1v) is 7.18. The average Bonchev–Trinajstić information content (AvgIpc) is 2.27. The van der Waals surface area contributed by atoms with Gasteiger partial charge in [-0.25, -0.2) is 9.97 Å². The molecular weight excluding hydrogens is 352 g/mol. The molecule has 0 amide bonds. The van der Waals surface area contributed by atoms with Crippen LogP contribution in [0.15, 0.2) is 50.5 Å². The lowest BCUT2D eigenvalue weighted by molar-refractivity contribution is 0.996. The molecule has 0 N–H and O–H groups in total. The number of benzene rings is 1. The van der Waals surface area contributed by atoms with Crippen LogP contribution >= 0.6 is 43.6 Å². The number of rotatable bonds is 3. The number of aromatic nitrogens is 2. The molecule has 2 rings (SSSR count).